The number of carbonyl (C=O) groups is 1. The maximum atomic E-state index is 12.9. The van der Waals surface area contributed by atoms with E-state index in [4.69, 9.17) is 0 Å². The molecule has 34 heavy (non-hydrogen) atoms. The Hall–Kier alpha value is -3.09. The number of aromatic nitrogens is 2. The van der Waals surface area contributed by atoms with Gasteiger partial charge in [-0.1, -0.05) is 19.1 Å². The SMILES string of the molecule is CCc1nc2n(c1C(=O)NCc1ccc(N3CCN(S(=O)(=O)C(F)(F)F)C=N3)cc1)CCCC2. The number of rotatable bonds is 6. The van der Waals surface area contributed by atoms with Crippen molar-refractivity contribution in [3.63, 3.8) is 0 Å². The van der Waals surface area contributed by atoms with E-state index >= 15 is 0 Å². The van der Waals surface area contributed by atoms with Gasteiger partial charge in [0, 0.05) is 19.5 Å². The van der Waals surface area contributed by atoms with Gasteiger partial charge < -0.3 is 9.88 Å². The van der Waals surface area contributed by atoms with Crippen LogP contribution in [0.5, 0.6) is 0 Å². The molecule has 0 bridgehead atoms. The van der Waals surface area contributed by atoms with Crippen LogP contribution in [0, 0.1) is 0 Å². The van der Waals surface area contributed by atoms with Crippen molar-refractivity contribution in [1.82, 2.24) is 19.2 Å². The molecule has 0 unspecified atom stereocenters. The summed E-state index contributed by atoms with van der Waals surface area (Å²) in [5.41, 5.74) is -2.53. The Labute approximate surface area is 195 Å². The lowest BCUT2D eigenvalue weighted by atomic mass is 10.1. The maximum absolute atomic E-state index is 12.9. The van der Waals surface area contributed by atoms with Crippen molar-refractivity contribution in [3.05, 3.63) is 47.0 Å². The van der Waals surface area contributed by atoms with Crippen molar-refractivity contribution in [2.75, 3.05) is 18.1 Å². The van der Waals surface area contributed by atoms with E-state index in [0.29, 0.717) is 30.7 Å². The van der Waals surface area contributed by atoms with Crippen LogP contribution in [0.25, 0.3) is 0 Å². The van der Waals surface area contributed by atoms with Gasteiger partial charge in [-0.05, 0) is 37.0 Å². The molecular formula is C21H25F3N6O3S. The minimum atomic E-state index is -5.45. The van der Waals surface area contributed by atoms with E-state index in [9.17, 15) is 26.4 Å². The van der Waals surface area contributed by atoms with Crippen LogP contribution < -0.4 is 10.3 Å². The van der Waals surface area contributed by atoms with Crippen LogP contribution in [0.15, 0.2) is 29.4 Å². The average Bonchev–Trinajstić information content (AvgIpc) is 3.21. The van der Waals surface area contributed by atoms with Gasteiger partial charge in [-0.15, -0.1) is 0 Å². The molecule has 0 fully saturated rings. The maximum Gasteiger partial charge on any atom is 0.516 e. The first-order valence-electron chi connectivity index (χ1n) is 11.0. The third-order valence-corrected chi connectivity index (χ3v) is 7.32. The first-order chi connectivity index (χ1) is 16.1. The number of hydrazone groups is 1. The first-order valence-corrected chi connectivity index (χ1v) is 12.4. The molecule has 1 amide bonds. The molecule has 0 spiro atoms. The van der Waals surface area contributed by atoms with Crippen LogP contribution in [0.4, 0.5) is 18.9 Å². The fraction of sp³-hybridized carbons (Fsp3) is 0.476. The quantitative estimate of drug-likeness (QED) is 0.660. The Morgan fingerprint density at radius 1 is 1.12 bits per heavy atom. The Kier molecular flexibility index (Phi) is 6.56. The number of alkyl halides is 3. The molecule has 9 nitrogen and oxygen atoms in total. The van der Waals surface area contributed by atoms with Gasteiger partial charge in [-0.3, -0.25) is 9.80 Å². The van der Waals surface area contributed by atoms with Crippen molar-refractivity contribution >= 4 is 28.0 Å². The summed E-state index contributed by atoms with van der Waals surface area (Å²) in [6, 6.07) is 6.98. The van der Waals surface area contributed by atoms with Gasteiger partial charge in [0.25, 0.3) is 5.91 Å². The highest BCUT2D eigenvalue weighted by molar-refractivity contribution is 7.90. The Balaban J connectivity index is 1.39. The lowest BCUT2D eigenvalue weighted by molar-refractivity contribution is -0.0471. The number of nitrogens with zero attached hydrogens (tertiary/aromatic N) is 5. The highest BCUT2D eigenvalue weighted by Crippen LogP contribution is 2.27. The zero-order chi connectivity index (χ0) is 24.5. The number of amides is 1. The fourth-order valence-corrected chi connectivity index (χ4v) is 4.78. The van der Waals surface area contributed by atoms with E-state index in [0.717, 1.165) is 42.9 Å². The molecule has 0 saturated carbocycles. The van der Waals surface area contributed by atoms with Crippen molar-refractivity contribution in [1.29, 1.82) is 0 Å². The molecule has 4 rings (SSSR count). The molecule has 3 heterocycles. The standard InChI is InChI=1S/C21H25F3N6O3S/c1-2-17-19(29-10-4-3-5-18(29)27-17)20(31)25-13-15-6-8-16(9-7-15)30-12-11-28(14-26-30)34(32,33)21(22,23)24/h6-9,14H,2-5,10-13H2,1H3,(H,25,31). The number of halogens is 3. The number of benzene rings is 1. The summed E-state index contributed by atoms with van der Waals surface area (Å²) in [6.45, 7) is 2.65. The number of anilines is 1. The number of aryl methyl sites for hydroxylation is 2. The summed E-state index contributed by atoms with van der Waals surface area (Å²) < 4.78 is 63.2. The highest BCUT2D eigenvalue weighted by Gasteiger charge is 2.50. The summed E-state index contributed by atoms with van der Waals surface area (Å²) in [7, 11) is -5.45. The topological polar surface area (TPSA) is 99.9 Å². The van der Waals surface area contributed by atoms with Gasteiger partial charge in [0.15, 0.2) is 0 Å². The highest BCUT2D eigenvalue weighted by atomic mass is 32.2. The molecule has 1 aromatic carbocycles. The summed E-state index contributed by atoms with van der Waals surface area (Å²) in [4.78, 5) is 17.5. The molecule has 0 saturated heterocycles. The Morgan fingerprint density at radius 3 is 2.47 bits per heavy atom. The van der Waals surface area contributed by atoms with Gasteiger partial charge in [-0.2, -0.15) is 26.7 Å². The van der Waals surface area contributed by atoms with Gasteiger partial charge >= 0.3 is 15.5 Å². The van der Waals surface area contributed by atoms with Crippen LogP contribution in [0.2, 0.25) is 0 Å². The number of sulfonamides is 1. The van der Waals surface area contributed by atoms with Crippen molar-refractivity contribution in [2.24, 2.45) is 5.10 Å². The van der Waals surface area contributed by atoms with E-state index in [2.05, 4.69) is 15.4 Å². The number of carbonyl (C=O) groups excluding carboxylic acids is 1. The van der Waals surface area contributed by atoms with Crippen molar-refractivity contribution in [2.45, 2.75) is 51.2 Å². The molecule has 13 heteroatoms. The molecule has 0 aliphatic carbocycles. The molecule has 184 valence electrons. The zero-order valence-electron chi connectivity index (χ0n) is 18.5. The van der Waals surface area contributed by atoms with E-state index in [1.54, 1.807) is 24.3 Å². The molecule has 0 radical (unpaired) electrons. The predicted molar refractivity (Wildman–Crippen MR) is 120 cm³/mol. The van der Waals surface area contributed by atoms with Crippen LogP contribution in [0.1, 0.15) is 47.3 Å². The minimum absolute atomic E-state index is 0.0337. The lowest BCUT2D eigenvalue weighted by Crippen LogP contribution is -2.46. The number of nitrogens with one attached hydrogen (secondary N) is 1. The van der Waals surface area contributed by atoms with E-state index in [1.807, 2.05) is 11.5 Å². The van der Waals surface area contributed by atoms with Gasteiger partial charge in [0.1, 0.15) is 17.9 Å². The lowest BCUT2D eigenvalue weighted by Gasteiger charge is -2.29. The molecular weight excluding hydrogens is 473 g/mol. The van der Waals surface area contributed by atoms with E-state index in [1.165, 1.54) is 5.01 Å². The molecule has 0 atom stereocenters. The van der Waals surface area contributed by atoms with Gasteiger partial charge in [0.2, 0.25) is 0 Å². The zero-order valence-corrected chi connectivity index (χ0v) is 19.4. The third-order valence-electron chi connectivity index (χ3n) is 5.84. The molecule has 2 aliphatic heterocycles. The molecule has 2 aliphatic rings. The molecule has 1 N–H and O–H groups in total. The van der Waals surface area contributed by atoms with Crippen LogP contribution in [-0.2, 0) is 36.0 Å². The molecule has 1 aromatic heterocycles. The van der Waals surface area contributed by atoms with Crippen LogP contribution in [0.3, 0.4) is 0 Å². The Morgan fingerprint density at radius 2 is 1.85 bits per heavy atom. The predicted octanol–water partition coefficient (Wildman–Crippen LogP) is 2.63. The summed E-state index contributed by atoms with van der Waals surface area (Å²) >= 11 is 0. The van der Waals surface area contributed by atoms with Crippen molar-refractivity contribution in [3.8, 4) is 0 Å². The largest absolute Gasteiger partial charge is 0.516 e. The van der Waals surface area contributed by atoms with Crippen LogP contribution >= 0.6 is 0 Å². The number of hydrogen-bond acceptors (Lipinski definition) is 6. The smallest absolute Gasteiger partial charge is 0.347 e. The third kappa shape index (κ3) is 4.61. The summed E-state index contributed by atoms with van der Waals surface area (Å²) in [5, 5.41) is 8.19. The normalized spacial score (nSPS) is 16.5. The Bertz CT molecular complexity index is 1190. The number of imidazole rings is 1. The van der Waals surface area contributed by atoms with E-state index < -0.39 is 15.5 Å². The second-order valence-corrected chi connectivity index (χ2v) is 9.93. The second kappa shape index (κ2) is 9.28. The minimum Gasteiger partial charge on any atom is -0.347 e. The van der Waals surface area contributed by atoms with E-state index in [-0.39, 0.29) is 23.3 Å². The average molecular weight is 499 g/mol. The van der Waals surface area contributed by atoms with Crippen LogP contribution in [-0.4, -0.2) is 53.1 Å². The summed E-state index contributed by atoms with van der Waals surface area (Å²) in [5.74, 6) is 0.787. The number of fused-ring (bicyclic) bond motifs is 1. The summed E-state index contributed by atoms with van der Waals surface area (Å²) in [6.07, 6.45) is 4.31. The number of hydrogen-bond donors (Lipinski definition) is 1. The van der Waals surface area contributed by atoms with Gasteiger partial charge in [0.05, 0.1) is 24.5 Å². The van der Waals surface area contributed by atoms with Gasteiger partial charge in [-0.25, -0.2) is 9.29 Å². The van der Waals surface area contributed by atoms with Crippen molar-refractivity contribution < 1.29 is 26.4 Å². The monoisotopic (exact) mass is 498 g/mol. The second-order valence-electron chi connectivity index (χ2n) is 8.05. The molecule has 2 aromatic rings. The fourth-order valence-electron chi connectivity index (χ4n) is 4.03. The first kappa shape index (κ1) is 24.0.